The lowest BCUT2D eigenvalue weighted by molar-refractivity contribution is -0.155. The number of hydrogen-bond acceptors (Lipinski definition) is 5. The normalized spacial score (nSPS) is 37.5. The largest absolute Gasteiger partial charge is 0.347 e. The topological polar surface area (TPSA) is 64.4 Å². The summed E-state index contributed by atoms with van der Waals surface area (Å²) in [6.07, 6.45) is 4.73. The van der Waals surface area contributed by atoms with Gasteiger partial charge in [0.2, 0.25) is 0 Å². The third kappa shape index (κ3) is 2.34. The van der Waals surface area contributed by atoms with Crippen LogP contribution in [0.4, 0.5) is 0 Å². The van der Waals surface area contributed by atoms with Crippen LogP contribution in [0.2, 0.25) is 10.0 Å². The van der Waals surface area contributed by atoms with Crippen molar-refractivity contribution in [3.05, 3.63) is 33.6 Å². The van der Waals surface area contributed by atoms with Gasteiger partial charge in [-0.25, -0.2) is 14.8 Å². The highest BCUT2D eigenvalue weighted by Gasteiger charge is 2.74. The Morgan fingerprint density at radius 2 is 1.56 bits per heavy atom. The molecule has 6 rings (SSSR count). The van der Waals surface area contributed by atoms with Crippen molar-refractivity contribution in [2.24, 2.45) is 27.3 Å². The number of oxime groups is 1. The van der Waals surface area contributed by atoms with Gasteiger partial charge in [0.15, 0.2) is 0 Å². The molecule has 4 aliphatic carbocycles. The van der Waals surface area contributed by atoms with Gasteiger partial charge in [-0.2, -0.15) is 0 Å². The Morgan fingerprint density at radius 1 is 0.941 bits per heavy atom. The van der Waals surface area contributed by atoms with Crippen LogP contribution < -0.4 is 0 Å². The number of halogens is 2. The van der Waals surface area contributed by atoms with E-state index in [0.717, 1.165) is 30.7 Å². The first-order valence-electron chi connectivity index (χ1n) is 12.3. The van der Waals surface area contributed by atoms with E-state index in [1.54, 1.807) is 12.1 Å². The summed E-state index contributed by atoms with van der Waals surface area (Å²) in [6.45, 7) is 13.4. The van der Waals surface area contributed by atoms with Crippen LogP contribution in [0.25, 0.3) is 11.0 Å². The maximum absolute atomic E-state index is 14.0. The van der Waals surface area contributed by atoms with Gasteiger partial charge in [0.1, 0.15) is 5.41 Å². The van der Waals surface area contributed by atoms with Crippen molar-refractivity contribution in [1.82, 2.24) is 9.97 Å². The van der Waals surface area contributed by atoms with Crippen molar-refractivity contribution < 1.29 is 9.63 Å². The Balaban J connectivity index is 1.45. The zero-order valence-corrected chi connectivity index (χ0v) is 22.2. The summed E-state index contributed by atoms with van der Waals surface area (Å²) in [5.74, 6) is 0.283. The van der Waals surface area contributed by atoms with Crippen LogP contribution in [0.3, 0.4) is 0 Å². The van der Waals surface area contributed by atoms with Crippen molar-refractivity contribution in [3.8, 4) is 0 Å². The molecule has 3 fully saturated rings. The van der Waals surface area contributed by atoms with Crippen molar-refractivity contribution in [2.75, 3.05) is 0 Å². The number of fused-ring (bicyclic) bond motifs is 8. The molecule has 0 aliphatic heterocycles. The highest BCUT2D eigenvalue weighted by atomic mass is 35.5. The number of carbonyl (C=O) groups excluding carboxylic acids is 1. The van der Waals surface area contributed by atoms with Gasteiger partial charge in [-0.3, -0.25) is 0 Å². The van der Waals surface area contributed by atoms with Crippen molar-refractivity contribution in [1.29, 1.82) is 0 Å². The molecule has 4 atom stereocenters. The highest BCUT2D eigenvalue weighted by molar-refractivity contribution is 6.42. The number of hydrogen-bond donors (Lipinski definition) is 0. The third-order valence-corrected chi connectivity index (χ3v) is 11.9. The molecule has 4 bridgehead atoms. The maximum Gasteiger partial charge on any atom is 0.347 e. The minimum Gasteiger partial charge on any atom is -0.317 e. The lowest BCUT2D eigenvalue weighted by atomic mass is 9.64. The first-order chi connectivity index (χ1) is 15.8. The van der Waals surface area contributed by atoms with E-state index in [0.29, 0.717) is 39.1 Å². The van der Waals surface area contributed by atoms with E-state index in [1.165, 1.54) is 6.42 Å². The van der Waals surface area contributed by atoms with Gasteiger partial charge in [-0.05, 0) is 61.0 Å². The van der Waals surface area contributed by atoms with Crippen molar-refractivity contribution in [3.63, 3.8) is 0 Å². The fourth-order valence-electron chi connectivity index (χ4n) is 7.79. The van der Waals surface area contributed by atoms with Gasteiger partial charge < -0.3 is 4.84 Å². The zero-order chi connectivity index (χ0) is 24.5. The van der Waals surface area contributed by atoms with E-state index in [9.17, 15) is 4.79 Å². The molecule has 1 aromatic heterocycles. The molecule has 180 valence electrons. The predicted molar refractivity (Wildman–Crippen MR) is 134 cm³/mol. The second kappa shape index (κ2) is 6.53. The minimum atomic E-state index is -0.900. The molecule has 2 aromatic rings. The Morgan fingerprint density at radius 3 is 2.12 bits per heavy atom. The van der Waals surface area contributed by atoms with Crippen LogP contribution in [-0.2, 0) is 20.5 Å². The number of carbonyl (C=O) groups is 1. The molecule has 4 aliphatic rings. The average molecular weight is 500 g/mol. The molecule has 0 amide bonds. The highest BCUT2D eigenvalue weighted by Crippen LogP contribution is 2.70. The Kier molecular flexibility index (Phi) is 4.36. The summed E-state index contributed by atoms with van der Waals surface area (Å²) in [5.41, 5.74) is 2.46. The second-order valence-electron chi connectivity index (χ2n) is 12.4. The lowest BCUT2D eigenvalue weighted by Gasteiger charge is -2.38. The standard InChI is InChI=1S/C27H31Cl2N3O2/c1-23(2)14-7-8-25(23,5)19(11-14)32-34-22(33)27-10-9-26(6,24(27,3)4)20-21(27)31-18-13-16(29)15(28)12-17(18)30-20/h12-14H,7-11H2,1-6H3. The smallest absolute Gasteiger partial charge is 0.317 e. The number of benzene rings is 1. The molecule has 34 heavy (non-hydrogen) atoms. The molecule has 0 saturated heterocycles. The lowest BCUT2D eigenvalue weighted by Crippen LogP contribution is -2.46. The summed E-state index contributed by atoms with van der Waals surface area (Å²) in [5, 5.41) is 5.43. The average Bonchev–Trinajstić information content (AvgIpc) is 3.26. The van der Waals surface area contributed by atoms with Gasteiger partial charge in [0.25, 0.3) is 0 Å². The molecule has 0 spiro atoms. The second-order valence-corrected chi connectivity index (χ2v) is 13.3. The SMILES string of the molecule is CC12CCC(CC1=NOC(=O)C13CCC(C)(c4nc5cc(Cl)c(Cl)cc5nc41)C3(C)C)C2(C)C. The summed E-state index contributed by atoms with van der Waals surface area (Å²) in [6, 6.07) is 3.48. The maximum atomic E-state index is 14.0. The Hall–Kier alpha value is -1.72. The molecule has 1 heterocycles. The molecule has 3 saturated carbocycles. The van der Waals surface area contributed by atoms with E-state index in [1.807, 2.05) is 0 Å². The van der Waals surface area contributed by atoms with Gasteiger partial charge in [0, 0.05) is 10.8 Å². The molecular weight excluding hydrogens is 469 g/mol. The zero-order valence-electron chi connectivity index (χ0n) is 20.7. The van der Waals surface area contributed by atoms with Crippen LogP contribution in [-0.4, -0.2) is 21.6 Å². The van der Waals surface area contributed by atoms with Crippen LogP contribution in [0.15, 0.2) is 17.3 Å². The molecule has 4 unspecified atom stereocenters. The molecule has 1 aromatic carbocycles. The summed E-state index contributed by atoms with van der Waals surface area (Å²) < 4.78 is 0. The van der Waals surface area contributed by atoms with E-state index in [2.05, 4.69) is 46.7 Å². The number of rotatable bonds is 2. The Bertz CT molecular complexity index is 1320. The van der Waals surface area contributed by atoms with Gasteiger partial charge in [0.05, 0.1) is 38.2 Å². The van der Waals surface area contributed by atoms with Crippen LogP contribution in [0.1, 0.15) is 85.0 Å². The van der Waals surface area contributed by atoms with Crippen molar-refractivity contribution in [2.45, 2.75) is 84.5 Å². The summed E-state index contributed by atoms with van der Waals surface area (Å²) in [4.78, 5) is 29.8. The Labute approximate surface area is 210 Å². The summed E-state index contributed by atoms with van der Waals surface area (Å²) in [7, 11) is 0. The predicted octanol–water partition coefficient (Wildman–Crippen LogP) is 7.01. The molecule has 7 heteroatoms. The summed E-state index contributed by atoms with van der Waals surface area (Å²) >= 11 is 12.5. The van der Waals surface area contributed by atoms with Gasteiger partial charge in [-0.1, -0.05) is 69.9 Å². The number of nitrogens with zero attached hydrogens (tertiary/aromatic N) is 3. The first-order valence-corrected chi connectivity index (χ1v) is 13.0. The quantitative estimate of drug-likeness (QED) is 0.329. The molecule has 5 nitrogen and oxygen atoms in total. The van der Waals surface area contributed by atoms with Crippen molar-refractivity contribution >= 4 is 45.9 Å². The van der Waals surface area contributed by atoms with E-state index in [4.69, 9.17) is 38.0 Å². The van der Waals surface area contributed by atoms with E-state index >= 15 is 0 Å². The monoisotopic (exact) mass is 499 g/mol. The first kappa shape index (κ1) is 22.7. The van der Waals surface area contributed by atoms with Gasteiger partial charge in [-0.15, -0.1) is 0 Å². The van der Waals surface area contributed by atoms with Gasteiger partial charge >= 0.3 is 5.97 Å². The molecule has 0 radical (unpaired) electrons. The minimum absolute atomic E-state index is 0.0189. The van der Waals surface area contributed by atoms with E-state index in [-0.39, 0.29) is 22.2 Å². The number of aromatic nitrogens is 2. The molecule has 0 N–H and O–H groups in total. The molecular formula is C27H31Cl2N3O2. The fourth-order valence-corrected chi connectivity index (χ4v) is 8.11. The van der Waals surface area contributed by atoms with Crippen LogP contribution >= 0.6 is 23.2 Å². The van der Waals surface area contributed by atoms with E-state index < -0.39 is 10.8 Å². The fraction of sp³-hybridized carbons (Fsp3) is 0.630. The van der Waals surface area contributed by atoms with Crippen LogP contribution in [0.5, 0.6) is 0 Å². The third-order valence-electron chi connectivity index (χ3n) is 11.2. The van der Waals surface area contributed by atoms with Crippen LogP contribution in [0, 0.1) is 22.2 Å².